The number of aromatic nitrogens is 2. The van der Waals surface area contributed by atoms with E-state index in [9.17, 15) is 9.59 Å². The van der Waals surface area contributed by atoms with E-state index in [2.05, 4.69) is 20.6 Å². The Kier molecular flexibility index (Phi) is 5.09. The van der Waals surface area contributed by atoms with Gasteiger partial charge in [-0.25, -0.2) is 9.97 Å². The van der Waals surface area contributed by atoms with Crippen molar-refractivity contribution in [1.82, 2.24) is 9.97 Å². The van der Waals surface area contributed by atoms with E-state index in [1.165, 1.54) is 22.6 Å². The molecule has 0 fully saturated rings. The van der Waals surface area contributed by atoms with E-state index in [-0.39, 0.29) is 25.0 Å². The van der Waals surface area contributed by atoms with Crippen LogP contribution < -0.4 is 20.1 Å². The van der Waals surface area contributed by atoms with Gasteiger partial charge in [0.2, 0.25) is 12.7 Å². The maximum absolute atomic E-state index is 12.5. The predicted molar refractivity (Wildman–Crippen MR) is 114 cm³/mol. The first-order chi connectivity index (χ1) is 14.6. The zero-order chi connectivity index (χ0) is 20.5. The van der Waals surface area contributed by atoms with Gasteiger partial charge in [0.05, 0.1) is 17.8 Å². The Morgan fingerprint density at radius 3 is 2.80 bits per heavy atom. The summed E-state index contributed by atoms with van der Waals surface area (Å²) in [7, 11) is 0. The van der Waals surface area contributed by atoms with E-state index >= 15 is 0 Å². The van der Waals surface area contributed by atoms with Crippen LogP contribution in [0.15, 0.2) is 23.6 Å². The number of aryl methyl sites for hydroxylation is 2. The summed E-state index contributed by atoms with van der Waals surface area (Å²) in [5.41, 5.74) is 2.16. The van der Waals surface area contributed by atoms with E-state index in [0.717, 1.165) is 25.0 Å². The van der Waals surface area contributed by atoms with Gasteiger partial charge in [-0.2, -0.15) is 0 Å². The summed E-state index contributed by atoms with van der Waals surface area (Å²) in [6.07, 6.45) is 4.49. The van der Waals surface area contributed by atoms with Gasteiger partial charge in [-0.15, -0.1) is 22.7 Å². The van der Waals surface area contributed by atoms with Gasteiger partial charge in [0.1, 0.15) is 0 Å². The predicted octanol–water partition coefficient (Wildman–Crippen LogP) is 3.64. The Morgan fingerprint density at radius 2 is 1.90 bits per heavy atom. The third-order valence-corrected chi connectivity index (χ3v) is 6.72. The second-order valence-electron chi connectivity index (χ2n) is 6.99. The van der Waals surface area contributed by atoms with Crippen LogP contribution in [-0.4, -0.2) is 28.6 Å². The van der Waals surface area contributed by atoms with Crippen LogP contribution in [0.4, 0.5) is 10.3 Å². The number of benzene rings is 1. The summed E-state index contributed by atoms with van der Waals surface area (Å²) in [5.74, 6) is 0.699. The summed E-state index contributed by atoms with van der Waals surface area (Å²) in [5, 5.41) is 8.48. The lowest BCUT2D eigenvalue weighted by Gasteiger charge is -2.06. The van der Waals surface area contributed by atoms with Gasteiger partial charge < -0.3 is 14.8 Å². The number of rotatable bonds is 5. The van der Waals surface area contributed by atoms with Crippen molar-refractivity contribution < 1.29 is 19.1 Å². The fourth-order valence-corrected chi connectivity index (χ4v) is 5.16. The molecule has 0 radical (unpaired) electrons. The zero-order valence-electron chi connectivity index (χ0n) is 15.9. The lowest BCUT2D eigenvalue weighted by molar-refractivity contribution is -0.115. The summed E-state index contributed by atoms with van der Waals surface area (Å²) in [4.78, 5) is 35.0. The van der Waals surface area contributed by atoms with Crippen LogP contribution >= 0.6 is 22.7 Å². The molecule has 0 bridgehead atoms. The number of thiazole rings is 2. The number of ether oxygens (including phenoxy) is 2. The van der Waals surface area contributed by atoms with Gasteiger partial charge in [0, 0.05) is 15.8 Å². The molecule has 8 nitrogen and oxygen atoms in total. The molecule has 154 valence electrons. The molecule has 2 N–H and O–H groups in total. The standard InChI is InChI=1S/C20H18N4O4S2/c25-17(23-20-22-13-3-1-2-4-16(13)30-20)8-12-9-29-19(21-12)24-18(26)11-5-6-14-15(7-11)28-10-27-14/h5-7,9H,1-4,8,10H2,(H,21,24,26)(H,22,23,25). The molecule has 3 aromatic rings. The molecule has 0 unspecified atom stereocenters. The average Bonchev–Trinajstić information content (AvgIpc) is 3.46. The summed E-state index contributed by atoms with van der Waals surface area (Å²) < 4.78 is 10.6. The third kappa shape index (κ3) is 4.01. The number of amides is 2. The maximum Gasteiger partial charge on any atom is 0.257 e. The van der Waals surface area contributed by atoms with E-state index in [0.29, 0.717) is 33.0 Å². The lowest BCUT2D eigenvalue weighted by atomic mass is 10.0. The molecule has 2 aliphatic rings. The first kappa shape index (κ1) is 19.0. The van der Waals surface area contributed by atoms with Gasteiger partial charge in [-0.05, 0) is 43.9 Å². The van der Waals surface area contributed by atoms with E-state index in [4.69, 9.17) is 9.47 Å². The van der Waals surface area contributed by atoms with Crippen LogP contribution in [0, 0.1) is 0 Å². The molecule has 3 heterocycles. The smallest absolute Gasteiger partial charge is 0.257 e. The van der Waals surface area contributed by atoms with Crippen molar-refractivity contribution >= 4 is 44.8 Å². The minimum Gasteiger partial charge on any atom is -0.454 e. The molecule has 0 saturated carbocycles. The van der Waals surface area contributed by atoms with Gasteiger partial charge >= 0.3 is 0 Å². The van der Waals surface area contributed by atoms with Crippen LogP contribution in [0.2, 0.25) is 0 Å². The Morgan fingerprint density at radius 1 is 1.03 bits per heavy atom. The molecule has 1 aliphatic heterocycles. The van der Waals surface area contributed by atoms with Crippen molar-refractivity contribution in [1.29, 1.82) is 0 Å². The fourth-order valence-electron chi connectivity index (χ4n) is 3.39. The van der Waals surface area contributed by atoms with Crippen molar-refractivity contribution in [2.45, 2.75) is 32.1 Å². The molecule has 10 heteroatoms. The van der Waals surface area contributed by atoms with Crippen LogP contribution in [-0.2, 0) is 24.1 Å². The van der Waals surface area contributed by atoms with E-state index in [1.54, 1.807) is 34.9 Å². The third-order valence-electron chi connectivity index (χ3n) is 4.84. The van der Waals surface area contributed by atoms with Gasteiger partial charge in [0.15, 0.2) is 21.8 Å². The highest BCUT2D eigenvalue weighted by Gasteiger charge is 2.19. The van der Waals surface area contributed by atoms with Crippen molar-refractivity contribution in [2.75, 3.05) is 17.4 Å². The number of hydrogen-bond acceptors (Lipinski definition) is 8. The van der Waals surface area contributed by atoms with E-state index in [1.807, 2.05) is 0 Å². The highest BCUT2D eigenvalue weighted by atomic mass is 32.1. The summed E-state index contributed by atoms with van der Waals surface area (Å²) in [6.45, 7) is 0.155. The van der Waals surface area contributed by atoms with E-state index < -0.39 is 0 Å². The fraction of sp³-hybridized carbons (Fsp3) is 0.300. The Bertz CT molecular complexity index is 1100. The number of nitrogens with one attached hydrogen (secondary N) is 2. The number of anilines is 2. The Labute approximate surface area is 180 Å². The molecule has 2 amide bonds. The summed E-state index contributed by atoms with van der Waals surface area (Å²) in [6, 6.07) is 5.00. The summed E-state index contributed by atoms with van der Waals surface area (Å²) >= 11 is 2.83. The molecule has 1 aliphatic carbocycles. The maximum atomic E-state index is 12.5. The molecular formula is C20H18N4O4S2. The highest BCUT2D eigenvalue weighted by Crippen LogP contribution is 2.33. The van der Waals surface area contributed by atoms with Crippen molar-refractivity contribution in [3.05, 3.63) is 45.4 Å². The topological polar surface area (TPSA) is 102 Å². The van der Waals surface area contributed by atoms with Crippen molar-refractivity contribution in [2.24, 2.45) is 0 Å². The molecular weight excluding hydrogens is 424 g/mol. The Hall–Kier alpha value is -2.98. The van der Waals surface area contributed by atoms with Crippen LogP contribution in [0.5, 0.6) is 11.5 Å². The number of hydrogen-bond donors (Lipinski definition) is 2. The van der Waals surface area contributed by atoms with Crippen LogP contribution in [0.25, 0.3) is 0 Å². The van der Waals surface area contributed by atoms with Gasteiger partial charge in [-0.3, -0.25) is 14.9 Å². The molecule has 0 atom stereocenters. The molecule has 2 aromatic heterocycles. The zero-order valence-corrected chi connectivity index (χ0v) is 17.5. The van der Waals surface area contributed by atoms with Crippen LogP contribution in [0.1, 0.15) is 39.5 Å². The van der Waals surface area contributed by atoms with Crippen LogP contribution in [0.3, 0.4) is 0 Å². The average molecular weight is 443 g/mol. The number of nitrogens with zero attached hydrogens (tertiary/aromatic N) is 2. The minimum atomic E-state index is -0.299. The monoisotopic (exact) mass is 442 g/mol. The second kappa shape index (κ2) is 8.04. The SMILES string of the molecule is O=C(Cc1csc(NC(=O)c2ccc3c(c2)OCO3)n1)Nc1nc2c(s1)CCCC2. The molecule has 0 spiro atoms. The number of carbonyl (C=O) groups excluding carboxylic acids is 2. The minimum absolute atomic E-state index is 0.126. The van der Waals surface area contributed by atoms with Crippen molar-refractivity contribution in [3.63, 3.8) is 0 Å². The lowest BCUT2D eigenvalue weighted by Crippen LogP contribution is -2.15. The number of carbonyl (C=O) groups is 2. The number of fused-ring (bicyclic) bond motifs is 2. The molecule has 0 saturated heterocycles. The first-order valence-electron chi connectivity index (χ1n) is 9.58. The second-order valence-corrected chi connectivity index (χ2v) is 8.93. The first-order valence-corrected chi connectivity index (χ1v) is 11.3. The molecule has 5 rings (SSSR count). The Balaban J connectivity index is 1.18. The largest absolute Gasteiger partial charge is 0.454 e. The molecule has 1 aromatic carbocycles. The normalized spacial score (nSPS) is 14.3. The quantitative estimate of drug-likeness (QED) is 0.625. The molecule has 30 heavy (non-hydrogen) atoms. The van der Waals surface area contributed by atoms with Gasteiger partial charge in [-0.1, -0.05) is 0 Å². The van der Waals surface area contributed by atoms with Crippen molar-refractivity contribution in [3.8, 4) is 11.5 Å². The van der Waals surface area contributed by atoms with Gasteiger partial charge in [0.25, 0.3) is 5.91 Å². The highest BCUT2D eigenvalue weighted by molar-refractivity contribution is 7.16.